The molecular weight excluding hydrogens is 425 g/mol. The number of hydrogen-bond donors (Lipinski definition) is 1. The summed E-state index contributed by atoms with van der Waals surface area (Å²) < 4.78 is 3.38. The highest BCUT2D eigenvalue weighted by atomic mass is 127. The normalized spacial score (nSPS) is 11.0. The van der Waals surface area contributed by atoms with Gasteiger partial charge >= 0.3 is 0 Å². The summed E-state index contributed by atoms with van der Waals surface area (Å²) in [5.41, 5.74) is 7.45. The highest BCUT2D eigenvalue weighted by Crippen LogP contribution is 2.20. The molecule has 0 atom stereocenters. The maximum Gasteiger partial charge on any atom is 0.271 e. The Bertz CT molecular complexity index is 912. The number of benzene rings is 2. The van der Waals surface area contributed by atoms with E-state index in [2.05, 4.69) is 74.9 Å². The quantitative estimate of drug-likeness (QED) is 0.361. The predicted molar refractivity (Wildman–Crippen MR) is 109 cm³/mol. The highest BCUT2D eigenvalue weighted by Gasteiger charge is 2.09. The molecule has 0 aliphatic rings. The van der Waals surface area contributed by atoms with E-state index in [0.717, 1.165) is 22.6 Å². The molecule has 1 N–H and O–H groups in total. The van der Waals surface area contributed by atoms with Gasteiger partial charge in [-0.1, -0.05) is 18.2 Å². The first kappa shape index (κ1) is 17.4. The van der Waals surface area contributed by atoms with E-state index in [1.165, 1.54) is 3.57 Å². The van der Waals surface area contributed by atoms with Gasteiger partial charge in [0.15, 0.2) is 0 Å². The molecule has 3 rings (SSSR count). The Labute approximate surface area is 160 Å². The van der Waals surface area contributed by atoms with Gasteiger partial charge < -0.3 is 4.57 Å². The van der Waals surface area contributed by atoms with Gasteiger partial charge in [0, 0.05) is 31.8 Å². The van der Waals surface area contributed by atoms with Crippen LogP contribution in [0.25, 0.3) is 5.69 Å². The second-order valence-corrected chi connectivity index (χ2v) is 6.95. The molecule has 0 aliphatic heterocycles. The fourth-order valence-corrected chi connectivity index (χ4v) is 3.08. The van der Waals surface area contributed by atoms with Gasteiger partial charge in [0.1, 0.15) is 0 Å². The minimum atomic E-state index is -0.219. The van der Waals surface area contributed by atoms with E-state index in [-0.39, 0.29) is 5.91 Å². The van der Waals surface area contributed by atoms with Crippen molar-refractivity contribution in [3.63, 3.8) is 0 Å². The van der Waals surface area contributed by atoms with Crippen LogP contribution in [-0.4, -0.2) is 16.7 Å². The number of nitrogens with one attached hydrogen (secondary N) is 1. The molecule has 1 aromatic heterocycles. The third-order valence-electron chi connectivity index (χ3n) is 3.96. The third kappa shape index (κ3) is 3.99. The summed E-state index contributed by atoms with van der Waals surface area (Å²) in [6, 6.07) is 19.5. The standard InChI is InChI=1S/C20H18IN3O/c1-14-12-17(13-22-23-20(25)16-6-4-3-5-7-16)15(2)24(14)19-10-8-18(21)9-11-19/h3-13H,1-2H3,(H,23,25)/b22-13-. The second-order valence-electron chi connectivity index (χ2n) is 5.70. The summed E-state index contributed by atoms with van der Waals surface area (Å²) in [6.07, 6.45) is 1.69. The highest BCUT2D eigenvalue weighted by molar-refractivity contribution is 14.1. The van der Waals surface area contributed by atoms with E-state index < -0.39 is 0 Å². The molecule has 126 valence electrons. The van der Waals surface area contributed by atoms with Crippen molar-refractivity contribution in [2.45, 2.75) is 13.8 Å². The molecular formula is C20H18IN3O. The van der Waals surface area contributed by atoms with E-state index in [1.54, 1.807) is 18.3 Å². The third-order valence-corrected chi connectivity index (χ3v) is 4.68. The fourth-order valence-electron chi connectivity index (χ4n) is 2.72. The van der Waals surface area contributed by atoms with Crippen molar-refractivity contribution in [3.8, 4) is 5.69 Å². The molecule has 5 heteroatoms. The Kier molecular flexibility index (Phi) is 5.33. The van der Waals surface area contributed by atoms with Gasteiger partial charge in [-0.25, -0.2) is 5.43 Å². The number of amides is 1. The van der Waals surface area contributed by atoms with Crippen LogP contribution < -0.4 is 5.43 Å². The smallest absolute Gasteiger partial charge is 0.271 e. The zero-order valence-corrected chi connectivity index (χ0v) is 16.2. The zero-order valence-electron chi connectivity index (χ0n) is 14.0. The van der Waals surface area contributed by atoms with Gasteiger partial charge in [-0.15, -0.1) is 0 Å². The van der Waals surface area contributed by atoms with Crippen LogP contribution in [0, 0.1) is 17.4 Å². The van der Waals surface area contributed by atoms with Gasteiger partial charge in [0.25, 0.3) is 5.91 Å². The molecule has 2 aromatic carbocycles. The SMILES string of the molecule is Cc1cc(/C=N\NC(=O)c2ccccc2)c(C)n1-c1ccc(I)cc1. The number of rotatable bonds is 4. The second kappa shape index (κ2) is 7.65. The number of carbonyl (C=O) groups is 1. The van der Waals surface area contributed by atoms with E-state index in [1.807, 2.05) is 25.1 Å². The maximum absolute atomic E-state index is 12.0. The average molecular weight is 443 g/mol. The van der Waals surface area contributed by atoms with Crippen molar-refractivity contribution in [1.29, 1.82) is 0 Å². The first-order valence-electron chi connectivity index (χ1n) is 7.89. The summed E-state index contributed by atoms with van der Waals surface area (Å²) in [7, 11) is 0. The van der Waals surface area contributed by atoms with Gasteiger partial charge in [-0.3, -0.25) is 4.79 Å². The largest absolute Gasteiger partial charge is 0.318 e. The van der Waals surface area contributed by atoms with Crippen LogP contribution in [0.2, 0.25) is 0 Å². The van der Waals surface area contributed by atoms with Crippen molar-refractivity contribution in [2.24, 2.45) is 5.10 Å². The summed E-state index contributed by atoms with van der Waals surface area (Å²) >= 11 is 2.30. The minimum Gasteiger partial charge on any atom is -0.318 e. The fraction of sp³-hybridized carbons (Fsp3) is 0.100. The monoisotopic (exact) mass is 443 g/mol. The van der Waals surface area contributed by atoms with Crippen LogP contribution in [-0.2, 0) is 0 Å². The van der Waals surface area contributed by atoms with E-state index in [4.69, 9.17) is 0 Å². The molecule has 0 saturated heterocycles. The molecule has 0 radical (unpaired) electrons. The molecule has 0 bridgehead atoms. The van der Waals surface area contributed by atoms with E-state index in [0.29, 0.717) is 5.56 Å². The number of nitrogens with zero attached hydrogens (tertiary/aromatic N) is 2. The van der Waals surface area contributed by atoms with Crippen molar-refractivity contribution in [1.82, 2.24) is 9.99 Å². The minimum absolute atomic E-state index is 0.219. The number of aromatic nitrogens is 1. The Morgan fingerprint density at radius 3 is 2.44 bits per heavy atom. The van der Waals surface area contributed by atoms with Crippen molar-refractivity contribution in [3.05, 3.63) is 86.7 Å². The Morgan fingerprint density at radius 2 is 1.76 bits per heavy atom. The van der Waals surface area contributed by atoms with Crippen molar-refractivity contribution >= 4 is 34.7 Å². The van der Waals surface area contributed by atoms with Crippen LogP contribution in [0.15, 0.2) is 65.8 Å². The first-order chi connectivity index (χ1) is 12.1. The molecule has 4 nitrogen and oxygen atoms in total. The first-order valence-corrected chi connectivity index (χ1v) is 8.97. The Morgan fingerprint density at radius 1 is 1.08 bits per heavy atom. The van der Waals surface area contributed by atoms with Crippen LogP contribution >= 0.6 is 22.6 Å². The van der Waals surface area contributed by atoms with Gasteiger partial charge in [0.2, 0.25) is 0 Å². The van der Waals surface area contributed by atoms with Crippen LogP contribution in [0.3, 0.4) is 0 Å². The average Bonchev–Trinajstić information content (AvgIpc) is 2.90. The maximum atomic E-state index is 12.0. The predicted octanol–water partition coefficient (Wildman–Crippen LogP) is 4.46. The summed E-state index contributed by atoms with van der Waals surface area (Å²) in [5.74, 6) is -0.219. The Hall–Kier alpha value is -2.41. The molecule has 0 unspecified atom stereocenters. The molecule has 0 fully saturated rings. The lowest BCUT2D eigenvalue weighted by molar-refractivity contribution is 0.0955. The van der Waals surface area contributed by atoms with Crippen LogP contribution in [0.4, 0.5) is 0 Å². The summed E-state index contributed by atoms with van der Waals surface area (Å²) in [6.45, 7) is 4.11. The molecule has 1 heterocycles. The van der Waals surface area contributed by atoms with Crippen LogP contribution in [0.5, 0.6) is 0 Å². The number of hydrogen-bond acceptors (Lipinski definition) is 2. The number of carbonyl (C=O) groups excluding carboxylic acids is 1. The van der Waals surface area contributed by atoms with E-state index >= 15 is 0 Å². The van der Waals surface area contributed by atoms with E-state index in [9.17, 15) is 4.79 Å². The topological polar surface area (TPSA) is 46.4 Å². The van der Waals surface area contributed by atoms with Gasteiger partial charge in [-0.05, 0) is 78.9 Å². The molecule has 0 saturated carbocycles. The van der Waals surface area contributed by atoms with Crippen LogP contribution in [0.1, 0.15) is 27.3 Å². The van der Waals surface area contributed by atoms with Crippen molar-refractivity contribution in [2.75, 3.05) is 0 Å². The molecule has 0 spiro atoms. The zero-order chi connectivity index (χ0) is 17.8. The lowest BCUT2D eigenvalue weighted by Crippen LogP contribution is -2.17. The van der Waals surface area contributed by atoms with Crippen molar-refractivity contribution < 1.29 is 4.79 Å². The molecule has 0 aliphatic carbocycles. The molecule has 3 aromatic rings. The lowest BCUT2D eigenvalue weighted by atomic mass is 10.2. The number of halogens is 1. The lowest BCUT2D eigenvalue weighted by Gasteiger charge is -2.09. The number of hydrazone groups is 1. The Balaban J connectivity index is 1.79. The molecule has 25 heavy (non-hydrogen) atoms. The van der Waals surface area contributed by atoms with Gasteiger partial charge in [-0.2, -0.15) is 5.10 Å². The number of aryl methyl sites for hydroxylation is 1. The molecule has 1 amide bonds. The summed E-state index contributed by atoms with van der Waals surface area (Å²) in [5, 5.41) is 4.10. The summed E-state index contributed by atoms with van der Waals surface area (Å²) in [4.78, 5) is 12.0. The van der Waals surface area contributed by atoms with Gasteiger partial charge in [0.05, 0.1) is 6.21 Å².